The first-order valence-electron chi connectivity index (χ1n) is 34.4. The minimum atomic E-state index is -2.14. The number of imide groups is 1. The number of rotatable bonds is 21. The normalized spacial score (nSPS) is 24.6. The lowest BCUT2D eigenvalue weighted by molar-refractivity contribution is -0.137. The van der Waals surface area contributed by atoms with Crippen LogP contribution in [0, 0.1) is 36.5 Å². The fourth-order valence-corrected chi connectivity index (χ4v) is 13.2. The lowest BCUT2D eigenvalue weighted by atomic mass is 9.78. The van der Waals surface area contributed by atoms with Crippen molar-refractivity contribution in [1.29, 1.82) is 0 Å². The molecule has 11 N–H and O–H groups in total. The summed E-state index contributed by atoms with van der Waals surface area (Å²) in [5, 5.41) is 59.9. The zero-order valence-electron chi connectivity index (χ0n) is 58.7. The molecule has 27 nitrogen and oxygen atoms in total. The van der Waals surface area contributed by atoms with E-state index >= 15 is 9.59 Å². The molecule has 5 aliphatic heterocycles. The lowest BCUT2D eigenvalue weighted by Gasteiger charge is -2.36. The fraction of sp³-hybridized carbons (Fsp3) is 0.486. The first-order valence-corrected chi connectivity index (χ1v) is 34.4. The third-order valence-electron chi connectivity index (χ3n) is 19.5. The number of hydrogen-bond donors (Lipinski definition) is 10. The summed E-state index contributed by atoms with van der Waals surface area (Å²) in [7, 11) is 1.42. The molecule has 27 heteroatoms. The molecule has 4 bridgehead atoms. The Bertz CT molecular complexity index is 4100. The van der Waals surface area contributed by atoms with Gasteiger partial charge in [-0.2, -0.15) is 0 Å². The van der Waals surface area contributed by atoms with Gasteiger partial charge in [0.2, 0.25) is 23.2 Å². The molecule has 101 heavy (non-hydrogen) atoms. The van der Waals surface area contributed by atoms with Gasteiger partial charge in [-0.1, -0.05) is 78.3 Å². The molecule has 5 heterocycles. The summed E-state index contributed by atoms with van der Waals surface area (Å²) in [6.45, 7) is 16.2. The minimum absolute atomic E-state index is 0.00604. The van der Waals surface area contributed by atoms with E-state index in [9.17, 15) is 54.0 Å². The van der Waals surface area contributed by atoms with Gasteiger partial charge in [0.25, 0.3) is 23.5 Å². The zero-order chi connectivity index (χ0) is 73.3. The van der Waals surface area contributed by atoms with E-state index in [-0.39, 0.29) is 112 Å². The number of benzene rings is 4. The number of carbonyl (C=O) groups excluding carboxylic acids is 8. The van der Waals surface area contributed by atoms with Crippen LogP contribution in [-0.2, 0) is 44.8 Å². The molecule has 3 aromatic rings. The second kappa shape index (κ2) is 32.7. The maximum atomic E-state index is 15.3. The molecule has 0 unspecified atom stereocenters. The highest BCUT2D eigenvalue weighted by molar-refractivity contribution is 6.22. The number of carbonyl (C=O) groups is 8. The Morgan fingerprint density at radius 1 is 0.842 bits per heavy atom. The maximum absolute atomic E-state index is 15.3. The largest absolute Gasteiger partial charge is 0.507 e. The predicted molar refractivity (Wildman–Crippen MR) is 377 cm³/mol. The molecule has 3 aromatic carbocycles. The van der Waals surface area contributed by atoms with Crippen molar-refractivity contribution in [2.24, 2.45) is 35.3 Å². The summed E-state index contributed by atoms with van der Waals surface area (Å²) in [6, 6.07) is 7.31. The smallest absolute Gasteiger partial charge is 0.312 e. The average Bonchev–Trinajstić information content (AvgIpc) is 1.67. The number of hydrogen-bond acceptors (Lipinski definition) is 20. The molecule has 1 saturated heterocycles. The van der Waals surface area contributed by atoms with Gasteiger partial charge in [-0.3, -0.25) is 43.3 Å². The number of Topliss-reactive ketones (excluding diaryl/α,β-unsaturated/α-hetero) is 1. The van der Waals surface area contributed by atoms with Crippen LogP contribution < -0.4 is 52.1 Å². The van der Waals surface area contributed by atoms with Crippen molar-refractivity contribution in [3.05, 3.63) is 112 Å². The number of unbranched alkanes of at least 4 members (excludes halogenated alkanes) is 2. The van der Waals surface area contributed by atoms with Crippen LogP contribution in [0.2, 0.25) is 0 Å². The number of phenolic OH excluding ortho intramolecular Hbond substituents is 1. The van der Waals surface area contributed by atoms with Crippen molar-refractivity contribution in [1.82, 2.24) is 25.8 Å². The summed E-state index contributed by atoms with van der Waals surface area (Å²) in [4.78, 5) is 130. The van der Waals surface area contributed by atoms with Crippen molar-refractivity contribution in [3.8, 4) is 28.7 Å². The number of aliphatic hydroxyl groups is 3. The number of aromatic hydroxyl groups is 1. The van der Waals surface area contributed by atoms with Gasteiger partial charge in [-0.05, 0) is 88.5 Å². The van der Waals surface area contributed by atoms with Crippen LogP contribution in [0.3, 0.4) is 0 Å². The van der Waals surface area contributed by atoms with E-state index in [1.54, 1.807) is 90.1 Å². The van der Waals surface area contributed by atoms with Gasteiger partial charge in [0.05, 0.1) is 41.6 Å². The van der Waals surface area contributed by atoms with E-state index < -0.39 is 124 Å². The van der Waals surface area contributed by atoms with Crippen LogP contribution in [-0.4, -0.2) is 153 Å². The fourth-order valence-electron chi connectivity index (χ4n) is 13.2. The number of urea groups is 1. The molecule has 6 aliphatic rings. The van der Waals surface area contributed by atoms with Crippen LogP contribution >= 0.6 is 0 Å². The number of anilines is 3. The van der Waals surface area contributed by atoms with Gasteiger partial charge in [-0.15, -0.1) is 0 Å². The molecule has 0 radical (unpaired) electrons. The SMILES string of the molecule is CO[C@H]1/C=C/O[C@@]2(C)Oc3c(C)c(O)c4c(=O)c(c5oc6cc(N7CCCCC7)cc(OCc7ccc(NC(=O)[C@H](CCCNC(N)=O)NC(=O)[C@@H](NC(=O)CCCCCN8C(=O)C=CC8=O)C(C)C)cc7)c6nc-5c4c3C2=O)NC(=O)/C(C)=C\C=C\[C@H](C)[C@H](O)[C@@H](C)[C@@H](O)[C@@H](C)[C@H](O)[C@@H]1C. The maximum Gasteiger partial charge on any atom is 0.312 e. The number of allylic oxidation sites excluding steroid dienone is 2. The van der Waals surface area contributed by atoms with Gasteiger partial charge in [-0.25, -0.2) is 9.78 Å². The van der Waals surface area contributed by atoms with Crippen LogP contribution in [0.5, 0.6) is 17.2 Å². The molecule has 8 amide bonds. The molecule has 0 aromatic heterocycles. The summed E-state index contributed by atoms with van der Waals surface area (Å²) in [5.41, 5.74) is 5.61. The Hall–Kier alpha value is -9.70. The summed E-state index contributed by atoms with van der Waals surface area (Å²) in [6.07, 6.45) is 10.2. The molecule has 542 valence electrons. The Balaban J connectivity index is 1.04. The van der Waals surface area contributed by atoms with Crippen molar-refractivity contribution < 1.29 is 82.1 Å². The van der Waals surface area contributed by atoms with E-state index in [1.807, 2.05) is 0 Å². The molecular formula is C74H93N9O18. The standard InChI is InChI=1S/C74H93N9O18/c1-38(2)58(79-52(84)22-13-11-16-33-83-53(85)27-28-54(83)86)72(95)78-48(21-18-30-76-73(75)96)71(94)77-46-25-23-45(24-26-46)37-98-50-35-47(82-31-14-12-15-32-82)36-51-59(50)80-60-55-56-65(90)44(8)67-57(55)69(92)74(9,101-67)99-34-29-49(97-10)41(5)63(88)43(7)64(89)42(6)62(87)39(3)19-17-20-40(4)70(93)81-61(66(56)91)68(60)100-51/h17,19-20,23-29,34-36,38-39,41-43,48-49,58,62-64,87-90H,11-16,18,21-22,30-33,37H2,1-10H3,(H,77,94)(H,78,95)(H,79,84)(H,81,93)(H3,75,76,96)/b19-17+,34-29+,40-20-/t39-,41+,42+,43-,48-,49-,58-,62-,63+,64+,74-/m0/s1. The van der Waals surface area contributed by atoms with Crippen molar-refractivity contribution in [2.75, 3.05) is 48.8 Å². The number of aliphatic hydroxyl groups excluding tert-OH is 3. The third kappa shape index (κ3) is 17.0. The summed E-state index contributed by atoms with van der Waals surface area (Å²) >= 11 is 0. The van der Waals surface area contributed by atoms with Crippen LogP contribution in [0.15, 0.2) is 93.9 Å². The number of nitrogens with two attached hydrogens (primary N) is 1. The highest BCUT2D eigenvalue weighted by atomic mass is 16.7. The van der Waals surface area contributed by atoms with Crippen LogP contribution in [0.25, 0.3) is 33.3 Å². The number of methoxy groups -OCH3 is 1. The number of aromatic nitrogens is 1. The van der Waals surface area contributed by atoms with Gasteiger partial charge in [0.15, 0.2) is 17.1 Å². The van der Waals surface area contributed by atoms with Gasteiger partial charge >= 0.3 is 11.8 Å². The average molecular weight is 1400 g/mol. The molecule has 1 fully saturated rings. The Labute approximate surface area is 585 Å². The molecular weight excluding hydrogens is 1300 g/mol. The van der Waals surface area contributed by atoms with Crippen LogP contribution in [0.1, 0.15) is 135 Å². The summed E-state index contributed by atoms with van der Waals surface area (Å²) in [5.74, 6) is -9.92. The van der Waals surface area contributed by atoms with E-state index in [2.05, 4.69) is 31.5 Å². The van der Waals surface area contributed by atoms with Crippen LogP contribution in [0.4, 0.5) is 21.9 Å². The number of phenols is 1. The van der Waals surface area contributed by atoms with Gasteiger partial charge in [0.1, 0.15) is 47.1 Å². The zero-order valence-corrected chi connectivity index (χ0v) is 58.7. The van der Waals surface area contributed by atoms with E-state index in [1.165, 1.54) is 58.4 Å². The highest BCUT2D eigenvalue weighted by Crippen LogP contribution is 2.51. The second-order valence-corrected chi connectivity index (χ2v) is 27.2. The van der Waals surface area contributed by atoms with Crippen molar-refractivity contribution >= 4 is 86.2 Å². The first-order chi connectivity index (χ1) is 48.0. The van der Waals surface area contributed by atoms with E-state index in [0.717, 1.165) is 24.2 Å². The van der Waals surface area contributed by atoms with E-state index in [0.29, 0.717) is 49.3 Å². The number of amides is 8. The number of primary amides is 1. The molecule has 1 aliphatic carbocycles. The number of ketones is 1. The Morgan fingerprint density at radius 3 is 2.20 bits per heavy atom. The number of piperidine rings is 1. The summed E-state index contributed by atoms with van der Waals surface area (Å²) < 4.78 is 31.8. The lowest BCUT2D eigenvalue weighted by Crippen LogP contribution is -2.54. The molecule has 0 saturated carbocycles. The second-order valence-electron chi connectivity index (χ2n) is 27.2. The van der Waals surface area contributed by atoms with Crippen molar-refractivity contribution in [2.45, 2.75) is 169 Å². The highest BCUT2D eigenvalue weighted by Gasteiger charge is 2.50. The topological polar surface area (TPSA) is 390 Å². The monoisotopic (exact) mass is 1400 g/mol. The third-order valence-corrected chi connectivity index (χ3v) is 19.5. The quantitative estimate of drug-likeness (QED) is 0.0147. The molecule has 0 spiro atoms. The Kier molecular flexibility index (Phi) is 24.5. The van der Waals surface area contributed by atoms with Crippen molar-refractivity contribution in [3.63, 3.8) is 0 Å². The minimum Gasteiger partial charge on any atom is -0.507 e. The number of nitrogens with one attached hydrogen (secondary N) is 5. The first kappa shape index (κ1) is 75.5. The van der Waals surface area contributed by atoms with Gasteiger partial charge < -0.3 is 81.0 Å². The number of fused-ring (bicyclic) bond motifs is 2. The van der Waals surface area contributed by atoms with E-state index in [4.69, 9.17) is 34.1 Å². The molecule has 9 rings (SSSR count). The number of ether oxygens (including phenoxy) is 4. The number of nitrogens with zero attached hydrogens (tertiary/aromatic N) is 3. The molecule has 11 atom stereocenters. The van der Waals surface area contributed by atoms with Gasteiger partial charge in [0, 0.05) is 122 Å². The Morgan fingerprint density at radius 2 is 1.52 bits per heavy atom. The predicted octanol–water partition coefficient (Wildman–Crippen LogP) is 7.45.